The number of carbonyl (C=O) groups is 1. The predicted octanol–water partition coefficient (Wildman–Crippen LogP) is 2.70. The molecule has 1 N–H and O–H groups in total. The number of amides is 1. The Hall–Kier alpha value is -2.66. The summed E-state index contributed by atoms with van der Waals surface area (Å²) in [6, 6.07) is 13.7. The van der Waals surface area contributed by atoms with Crippen molar-refractivity contribution in [2.45, 2.75) is 31.8 Å². The van der Waals surface area contributed by atoms with E-state index in [0.29, 0.717) is 32.4 Å². The summed E-state index contributed by atoms with van der Waals surface area (Å²) < 4.78 is 1.96. The minimum absolute atomic E-state index is 0.0755. The molecule has 1 saturated heterocycles. The van der Waals surface area contributed by atoms with Crippen LogP contribution in [0.2, 0.25) is 0 Å². The number of aliphatic hydroxyl groups is 1. The van der Waals surface area contributed by atoms with Gasteiger partial charge in [0, 0.05) is 25.4 Å². The second-order valence-electron chi connectivity index (χ2n) is 7.11. The van der Waals surface area contributed by atoms with Gasteiger partial charge in [0.05, 0.1) is 12.2 Å². The Morgan fingerprint density at radius 1 is 1.23 bits per heavy atom. The van der Waals surface area contributed by atoms with Gasteiger partial charge in [-0.3, -0.25) is 4.79 Å². The van der Waals surface area contributed by atoms with Crippen molar-refractivity contribution in [1.82, 2.24) is 14.3 Å². The van der Waals surface area contributed by atoms with Crippen molar-refractivity contribution in [3.05, 3.63) is 71.7 Å². The standard InChI is InChI=1S/C21H23N3O2/c1-16-6-2-3-7-18(16)21(26)11-13-24(15-21)20(25)10-9-17-14-23-12-5-4-8-19(23)22-17/h2-8,12,14,26H,9-11,13,15H2,1H3/t21-/m0/s1. The average Bonchev–Trinajstić information content (AvgIpc) is 3.24. The summed E-state index contributed by atoms with van der Waals surface area (Å²) in [5.74, 6) is 0.0755. The van der Waals surface area contributed by atoms with Crippen LogP contribution in [0.5, 0.6) is 0 Å². The van der Waals surface area contributed by atoms with E-state index in [4.69, 9.17) is 0 Å². The Balaban J connectivity index is 1.40. The summed E-state index contributed by atoms with van der Waals surface area (Å²) in [4.78, 5) is 18.9. The van der Waals surface area contributed by atoms with Gasteiger partial charge in [-0.2, -0.15) is 0 Å². The van der Waals surface area contributed by atoms with Crippen LogP contribution < -0.4 is 0 Å². The van der Waals surface area contributed by atoms with Crippen molar-refractivity contribution in [3.63, 3.8) is 0 Å². The van der Waals surface area contributed by atoms with Gasteiger partial charge in [0.25, 0.3) is 0 Å². The maximum absolute atomic E-state index is 12.6. The number of carbonyl (C=O) groups excluding carboxylic acids is 1. The first-order valence-electron chi connectivity index (χ1n) is 9.04. The minimum atomic E-state index is -0.940. The Morgan fingerprint density at radius 3 is 2.85 bits per heavy atom. The van der Waals surface area contributed by atoms with Gasteiger partial charge in [-0.05, 0) is 43.0 Å². The monoisotopic (exact) mass is 349 g/mol. The highest BCUT2D eigenvalue weighted by Gasteiger charge is 2.40. The lowest BCUT2D eigenvalue weighted by Gasteiger charge is -2.25. The van der Waals surface area contributed by atoms with Crippen molar-refractivity contribution < 1.29 is 9.90 Å². The molecule has 1 fully saturated rings. The molecule has 0 bridgehead atoms. The lowest BCUT2D eigenvalue weighted by molar-refractivity contribution is -0.131. The number of imidazole rings is 1. The largest absolute Gasteiger partial charge is 0.383 e. The van der Waals surface area contributed by atoms with E-state index in [1.54, 1.807) is 4.90 Å². The quantitative estimate of drug-likeness (QED) is 0.788. The van der Waals surface area contributed by atoms with Crippen LogP contribution in [0, 0.1) is 6.92 Å². The van der Waals surface area contributed by atoms with Crippen LogP contribution in [0.1, 0.15) is 29.7 Å². The van der Waals surface area contributed by atoms with Crippen LogP contribution in [0.3, 0.4) is 0 Å². The summed E-state index contributed by atoms with van der Waals surface area (Å²) in [6.45, 7) is 2.96. The molecule has 5 heteroatoms. The maximum Gasteiger partial charge on any atom is 0.223 e. The molecule has 134 valence electrons. The fourth-order valence-electron chi connectivity index (χ4n) is 3.82. The molecule has 0 aliphatic carbocycles. The second-order valence-corrected chi connectivity index (χ2v) is 7.11. The summed E-state index contributed by atoms with van der Waals surface area (Å²) in [7, 11) is 0. The fourth-order valence-corrected chi connectivity index (χ4v) is 3.82. The lowest BCUT2D eigenvalue weighted by atomic mass is 9.89. The van der Waals surface area contributed by atoms with E-state index in [1.165, 1.54) is 0 Å². The van der Waals surface area contributed by atoms with Crippen molar-refractivity contribution >= 4 is 11.6 Å². The molecule has 0 unspecified atom stereocenters. The van der Waals surface area contributed by atoms with Crippen LogP contribution in [0.25, 0.3) is 5.65 Å². The summed E-state index contributed by atoms with van der Waals surface area (Å²) in [5, 5.41) is 11.0. The number of aryl methyl sites for hydroxylation is 2. The number of hydrogen-bond acceptors (Lipinski definition) is 3. The molecule has 1 aliphatic heterocycles. The van der Waals surface area contributed by atoms with Gasteiger partial charge in [0.2, 0.25) is 5.91 Å². The lowest BCUT2D eigenvalue weighted by Crippen LogP contribution is -2.35. The Bertz CT molecular complexity index is 916. The first-order chi connectivity index (χ1) is 12.5. The van der Waals surface area contributed by atoms with E-state index in [2.05, 4.69) is 4.98 Å². The smallest absolute Gasteiger partial charge is 0.223 e. The summed E-state index contributed by atoms with van der Waals surface area (Å²) in [5.41, 5.74) is 2.86. The summed E-state index contributed by atoms with van der Waals surface area (Å²) >= 11 is 0. The zero-order chi connectivity index (χ0) is 18.1. The zero-order valence-corrected chi connectivity index (χ0v) is 14.9. The molecule has 0 saturated carbocycles. The molecule has 4 rings (SSSR count). The number of β-amino-alcohol motifs (C(OH)–C–C–N with tert-alkyl or cyclic N) is 1. The van der Waals surface area contributed by atoms with Crippen molar-refractivity contribution in [1.29, 1.82) is 0 Å². The third kappa shape index (κ3) is 3.10. The van der Waals surface area contributed by atoms with Crippen LogP contribution in [-0.4, -0.2) is 38.4 Å². The Labute approximate surface area is 152 Å². The number of benzene rings is 1. The average molecular weight is 349 g/mol. The molecule has 2 aromatic heterocycles. The van der Waals surface area contributed by atoms with Crippen LogP contribution in [0.15, 0.2) is 54.9 Å². The van der Waals surface area contributed by atoms with E-state index in [-0.39, 0.29) is 5.91 Å². The highest BCUT2D eigenvalue weighted by Crippen LogP contribution is 2.34. The molecule has 0 radical (unpaired) electrons. The molecule has 1 aliphatic rings. The summed E-state index contributed by atoms with van der Waals surface area (Å²) in [6.07, 6.45) is 5.53. The number of pyridine rings is 1. The predicted molar refractivity (Wildman–Crippen MR) is 99.8 cm³/mol. The van der Waals surface area contributed by atoms with Crippen LogP contribution >= 0.6 is 0 Å². The van der Waals surface area contributed by atoms with Crippen LogP contribution in [0.4, 0.5) is 0 Å². The SMILES string of the molecule is Cc1ccccc1[C@]1(O)CCN(C(=O)CCc2cn3ccccc3n2)C1. The van der Waals surface area contributed by atoms with Gasteiger partial charge in [-0.15, -0.1) is 0 Å². The first kappa shape index (κ1) is 16.8. The van der Waals surface area contributed by atoms with Crippen molar-refractivity contribution in [3.8, 4) is 0 Å². The van der Waals surface area contributed by atoms with Gasteiger partial charge in [0.15, 0.2) is 0 Å². The topological polar surface area (TPSA) is 57.8 Å². The molecule has 1 amide bonds. The normalized spacial score (nSPS) is 20.0. The number of rotatable bonds is 4. The zero-order valence-electron chi connectivity index (χ0n) is 14.9. The van der Waals surface area contributed by atoms with Crippen molar-refractivity contribution in [2.75, 3.05) is 13.1 Å². The number of aromatic nitrogens is 2. The molecular formula is C21H23N3O2. The highest BCUT2D eigenvalue weighted by atomic mass is 16.3. The van der Waals surface area contributed by atoms with Gasteiger partial charge in [0.1, 0.15) is 11.2 Å². The van der Waals surface area contributed by atoms with Gasteiger partial charge < -0.3 is 14.4 Å². The third-order valence-corrected chi connectivity index (χ3v) is 5.26. The third-order valence-electron chi connectivity index (χ3n) is 5.26. The van der Waals surface area contributed by atoms with Crippen molar-refractivity contribution in [2.24, 2.45) is 0 Å². The second kappa shape index (κ2) is 6.57. The molecule has 3 heterocycles. The first-order valence-corrected chi connectivity index (χ1v) is 9.04. The van der Waals surface area contributed by atoms with E-state index in [0.717, 1.165) is 22.5 Å². The molecule has 0 spiro atoms. The molecular weight excluding hydrogens is 326 g/mol. The minimum Gasteiger partial charge on any atom is -0.383 e. The molecule has 5 nitrogen and oxygen atoms in total. The number of likely N-dealkylation sites (tertiary alicyclic amines) is 1. The van der Waals surface area contributed by atoms with Gasteiger partial charge >= 0.3 is 0 Å². The van der Waals surface area contributed by atoms with E-state index < -0.39 is 5.60 Å². The maximum atomic E-state index is 12.6. The fraction of sp³-hybridized carbons (Fsp3) is 0.333. The molecule has 1 atom stereocenters. The Kier molecular flexibility index (Phi) is 4.24. The molecule has 26 heavy (non-hydrogen) atoms. The van der Waals surface area contributed by atoms with Crippen LogP contribution in [-0.2, 0) is 16.8 Å². The number of fused-ring (bicyclic) bond motifs is 1. The van der Waals surface area contributed by atoms with E-state index >= 15 is 0 Å². The number of hydrogen-bond donors (Lipinski definition) is 1. The van der Waals surface area contributed by atoms with Gasteiger partial charge in [-0.25, -0.2) is 4.98 Å². The molecule has 1 aromatic carbocycles. The Morgan fingerprint density at radius 2 is 2.04 bits per heavy atom. The highest BCUT2D eigenvalue weighted by molar-refractivity contribution is 5.77. The van der Waals surface area contributed by atoms with E-state index in [1.807, 2.05) is 66.2 Å². The van der Waals surface area contributed by atoms with Gasteiger partial charge in [-0.1, -0.05) is 30.3 Å². The number of nitrogens with zero attached hydrogens (tertiary/aromatic N) is 3. The van der Waals surface area contributed by atoms with E-state index in [9.17, 15) is 9.90 Å². The molecule has 3 aromatic rings.